The summed E-state index contributed by atoms with van der Waals surface area (Å²) in [5.74, 6) is 5.51. The summed E-state index contributed by atoms with van der Waals surface area (Å²) in [7, 11) is 0. The molecule has 3 heteroatoms. The summed E-state index contributed by atoms with van der Waals surface area (Å²) in [5, 5.41) is 0. The van der Waals surface area contributed by atoms with Crippen molar-refractivity contribution < 1.29 is 4.74 Å². The summed E-state index contributed by atoms with van der Waals surface area (Å²) in [4.78, 5) is 0. The monoisotopic (exact) mass is 222 g/mol. The van der Waals surface area contributed by atoms with Crippen molar-refractivity contribution in [2.24, 2.45) is 5.84 Å². The van der Waals surface area contributed by atoms with Crippen LogP contribution in [0.15, 0.2) is 30.3 Å². The van der Waals surface area contributed by atoms with Gasteiger partial charge in [0, 0.05) is 19.3 Å². The predicted octanol–water partition coefficient (Wildman–Crippen LogP) is 1.88. The highest BCUT2D eigenvalue weighted by atomic mass is 16.5. The normalized spacial score (nSPS) is 12.6. The van der Waals surface area contributed by atoms with Crippen molar-refractivity contribution in [3.8, 4) is 0 Å². The van der Waals surface area contributed by atoms with E-state index in [1.54, 1.807) is 0 Å². The minimum Gasteiger partial charge on any atom is -0.382 e. The van der Waals surface area contributed by atoms with Crippen molar-refractivity contribution in [3.05, 3.63) is 35.9 Å². The van der Waals surface area contributed by atoms with Crippen molar-refractivity contribution in [1.82, 2.24) is 5.43 Å². The van der Waals surface area contributed by atoms with Crippen LogP contribution in [0.25, 0.3) is 0 Å². The molecule has 1 aromatic rings. The van der Waals surface area contributed by atoms with E-state index in [4.69, 9.17) is 10.6 Å². The summed E-state index contributed by atoms with van der Waals surface area (Å²) in [6.07, 6.45) is 3.08. The summed E-state index contributed by atoms with van der Waals surface area (Å²) < 4.78 is 5.32. The lowest BCUT2D eigenvalue weighted by atomic mass is 10.0. The third-order valence-electron chi connectivity index (χ3n) is 2.67. The third kappa shape index (κ3) is 5.26. The molecular weight excluding hydrogens is 200 g/mol. The van der Waals surface area contributed by atoms with E-state index in [1.165, 1.54) is 5.56 Å². The Kier molecular flexibility index (Phi) is 6.81. The zero-order chi connectivity index (χ0) is 11.6. The maximum absolute atomic E-state index is 5.51. The van der Waals surface area contributed by atoms with Crippen LogP contribution < -0.4 is 11.3 Å². The van der Waals surface area contributed by atoms with Gasteiger partial charge in [-0.2, -0.15) is 0 Å². The third-order valence-corrected chi connectivity index (χ3v) is 2.67. The second-order valence-electron chi connectivity index (χ2n) is 3.87. The summed E-state index contributed by atoms with van der Waals surface area (Å²) in [6, 6.07) is 10.8. The molecule has 0 bridgehead atoms. The standard InChI is InChI=1S/C13H22N2O/c1-2-16-11-10-13(15-14)9-8-12-6-4-3-5-7-12/h3-7,13,15H,2,8-11,14H2,1H3. The smallest absolute Gasteiger partial charge is 0.0481 e. The van der Waals surface area contributed by atoms with Crippen molar-refractivity contribution in [1.29, 1.82) is 0 Å². The van der Waals surface area contributed by atoms with Gasteiger partial charge in [-0.25, -0.2) is 0 Å². The Morgan fingerprint density at radius 2 is 2.00 bits per heavy atom. The number of benzene rings is 1. The van der Waals surface area contributed by atoms with Gasteiger partial charge >= 0.3 is 0 Å². The Morgan fingerprint density at radius 3 is 2.62 bits per heavy atom. The van der Waals surface area contributed by atoms with Crippen LogP contribution >= 0.6 is 0 Å². The molecule has 3 N–H and O–H groups in total. The molecule has 0 aliphatic carbocycles. The second-order valence-corrected chi connectivity index (χ2v) is 3.87. The zero-order valence-electron chi connectivity index (χ0n) is 9.99. The molecule has 0 saturated heterocycles. The fourth-order valence-corrected chi connectivity index (χ4v) is 1.67. The van der Waals surface area contributed by atoms with Crippen LogP contribution in [-0.4, -0.2) is 19.3 Å². The van der Waals surface area contributed by atoms with Crippen LogP contribution in [-0.2, 0) is 11.2 Å². The highest BCUT2D eigenvalue weighted by Crippen LogP contribution is 2.06. The molecule has 1 rings (SSSR count). The highest BCUT2D eigenvalue weighted by molar-refractivity contribution is 5.14. The molecule has 0 aliphatic rings. The first-order chi connectivity index (χ1) is 7.86. The first-order valence-corrected chi connectivity index (χ1v) is 5.94. The Bertz CT molecular complexity index is 264. The average Bonchev–Trinajstić information content (AvgIpc) is 2.35. The molecular formula is C13H22N2O. The molecule has 0 spiro atoms. The quantitative estimate of drug-likeness (QED) is 0.401. The second kappa shape index (κ2) is 8.28. The van der Waals surface area contributed by atoms with Gasteiger partial charge in [0.25, 0.3) is 0 Å². The van der Waals surface area contributed by atoms with E-state index in [1.807, 2.05) is 13.0 Å². The maximum atomic E-state index is 5.51. The van der Waals surface area contributed by atoms with E-state index in [-0.39, 0.29) is 0 Å². The van der Waals surface area contributed by atoms with Gasteiger partial charge in [-0.3, -0.25) is 11.3 Å². The number of nitrogens with one attached hydrogen (secondary N) is 1. The molecule has 0 radical (unpaired) electrons. The highest BCUT2D eigenvalue weighted by Gasteiger charge is 2.06. The van der Waals surface area contributed by atoms with Gasteiger partial charge in [0.05, 0.1) is 0 Å². The largest absolute Gasteiger partial charge is 0.382 e. The van der Waals surface area contributed by atoms with Crippen LogP contribution in [0.5, 0.6) is 0 Å². The molecule has 0 heterocycles. The van der Waals surface area contributed by atoms with Crippen LogP contribution in [0.4, 0.5) is 0 Å². The molecule has 1 atom stereocenters. The number of aryl methyl sites for hydroxylation is 1. The van der Waals surface area contributed by atoms with Crippen LogP contribution in [0.3, 0.4) is 0 Å². The fraction of sp³-hybridized carbons (Fsp3) is 0.538. The van der Waals surface area contributed by atoms with Gasteiger partial charge in [0.2, 0.25) is 0 Å². The van der Waals surface area contributed by atoms with E-state index in [0.29, 0.717) is 6.04 Å². The van der Waals surface area contributed by atoms with Crippen LogP contribution in [0, 0.1) is 0 Å². The lowest BCUT2D eigenvalue weighted by Crippen LogP contribution is -2.36. The molecule has 0 fully saturated rings. The van der Waals surface area contributed by atoms with Crippen molar-refractivity contribution >= 4 is 0 Å². The predicted molar refractivity (Wildman–Crippen MR) is 67.0 cm³/mol. The number of ether oxygens (including phenoxy) is 1. The minimum absolute atomic E-state index is 0.340. The molecule has 0 aromatic heterocycles. The molecule has 0 aliphatic heterocycles. The van der Waals surface area contributed by atoms with E-state index >= 15 is 0 Å². The van der Waals surface area contributed by atoms with Gasteiger partial charge in [-0.1, -0.05) is 30.3 Å². The van der Waals surface area contributed by atoms with E-state index < -0.39 is 0 Å². The van der Waals surface area contributed by atoms with Crippen molar-refractivity contribution in [2.45, 2.75) is 32.2 Å². The number of hydrazine groups is 1. The molecule has 0 saturated carbocycles. The summed E-state index contributed by atoms with van der Waals surface area (Å²) >= 11 is 0. The van der Waals surface area contributed by atoms with Gasteiger partial charge in [-0.15, -0.1) is 0 Å². The molecule has 90 valence electrons. The molecule has 1 unspecified atom stereocenters. The maximum Gasteiger partial charge on any atom is 0.0481 e. The topological polar surface area (TPSA) is 47.3 Å². The van der Waals surface area contributed by atoms with Gasteiger partial charge in [-0.05, 0) is 31.7 Å². The Hall–Kier alpha value is -0.900. The van der Waals surface area contributed by atoms with Crippen molar-refractivity contribution in [2.75, 3.05) is 13.2 Å². The number of hydrogen-bond donors (Lipinski definition) is 2. The molecule has 1 aromatic carbocycles. The molecule has 0 amide bonds. The SMILES string of the molecule is CCOCCC(CCc1ccccc1)NN. The number of hydrogen-bond acceptors (Lipinski definition) is 3. The summed E-state index contributed by atoms with van der Waals surface area (Å²) in [5.41, 5.74) is 4.21. The van der Waals surface area contributed by atoms with Gasteiger partial charge in [0.15, 0.2) is 0 Å². The summed E-state index contributed by atoms with van der Waals surface area (Å²) in [6.45, 7) is 3.56. The number of rotatable bonds is 8. The first kappa shape index (κ1) is 13.2. The lowest BCUT2D eigenvalue weighted by Gasteiger charge is -2.15. The number of nitrogens with two attached hydrogens (primary N) is 1. The molecule has 16 heavy (non-hydrogen) atoms. The van der Waals surface area contributed by atoms with Crippen molar-refractivity contribution in [3.63, 3.8) is 0 Å². The minimum atomic E-state index is 0.340. The van der Waals surface area contributed by atoms with Gasteiger partial charge < -0.3 is 4.74 Å². The van der Waals surface area contributed by atoms with E-state index in [2.05, 4.69) is 29.7 Å². The molecule has 3 nitrogen and oxygen atoms in total. The van der Waals surface area contributed by atoms with Gasteiger partial charge in [0.1, 0.15) is 0 Å². The van der Waals surface area contributed by atoms with E-state index in [9.17, 15) is 0 Å². The Balaban J connectivity index is 2.23. The first-order valence-electron chi connectivity index (χ1n) is 5.94. The van der Waals surface area contributed by atoms with Crippen LogP contribution in [0.2, 0.25) is 0 Å². The Morgan fingerprint density at radius 1 is 1.25 bits per heavy atom. The Labute approximate surface area is 98.0 Å². The average molecular weight is 222 g/mol. The van der Waals surface area contributed by atoms with Crippen LogP contribution in [0.1, 0.15) is 25.3 Å². The fourth-order valence-electron chi connectivity index (χ4n) is 1.67. The van der Waals surface area contributed by atoms with E-state index in [0.717, 1.165) is 32.5 Å². The zero-order valence-corrected chi connectivity index (χ0v) is 9.99. The lowest BCUT2D eigenvalue weighted by molar-refractivity contribution is 0.135.